The van der Waals surface area contributed by atoms with E-state index >= 15 is 0 Å². The zero-order valence-corrected chi connectivity index (χ0v) is 14.8. The highest BCUT2D eigenvalue weighted by atomic mass is 16.6. The largest absolute Gasteiger partial charge is 0.449 e. The normalized spacial score (nSPS) is 28.6. The van der Waals surface area contributed by atoms with Crippen LogP contribution in [-0.2, 0) is 4.74 Å². The first-order chi connectivity index (χ1) is 12.5. The summed E-state index contributed by atoms with van der Waals surface area (Å²) in [5, 5.41) is 0. The van der Waals surface area contributed by atoms with Crippen molar-refractivity contribution < 1.29 is 19.1 Å². The molecule has 0 bridgehead atoms. The number of hydrogen-bond acceptors (Lipinski definition) is 4. The van der Waals surface area contributed by atoms with Crippen LogP contribution in [0, 0.1) is 0 Å². The fourth-order valence-corrected chi connectivity index (χ4v) is 4.56. The first-order valence-corrected chi connectivity index (χ1v) is 9.23. The zero-order valence-electron chi connectivity index (χ0n) is 14.8. The molecule has 3 amide bonds. The molecule has 1 aromatic rings. The molecular weight excluding hydrogens is 334 g/mol. The lowest BCUT2D eigenvalue weighted by molar-refractivity contribution is 0.0840. The molecule has 3 atom stereocenters. The van der Waals surface area contributed by atoms with Gasteiger partial charge in [-0.15, -0.1) is 0 Å². The minimum absolute atomic E-state index is 0.0156. The summed E-state index contributed by atoms with van der Waals surface area (Å²) in [7, 11) is 0. The highest BCUT2D eigenvalue weighted by Crippen LogP contribution is 2.64. The summed E-state index contributed by atoms with van der Waals surface area (Å²) in [5.41, 5.74) is 5.40. The van der Waals surface area contributed by atoms with Gasteiger partial charge >= 0.3 is 6.09 Å². The monoisotopic (exact) mass is 357 g/mol. The van der Waals surface area contributed by atoms with Gasteiger partial charge in [-0.05, 0) is 18.6 Å². The Morgan fingerprint density at radius 3 is 2.65 bits per heavy atom. The third-order valence-corrected chi connectivity index (χ3v) is 5.78. The van der Waals surface area contributed by atoms with Crippen molar-refractivity contribution in [1.29, 1.82) is 0 Å². The van der Waals surface area contributed by atoms with Gasteiger partial charge in [0.1, 0.15) is 0 Å². The number of hydrogen-bond donors (Lipinski definition) is 1. The quantitative estimate of drug-likeness (QED) is 0.623. The van der Waals surface area contributed by atoms with Crippen LogP contribution in [0.5, 0.6) is 0 Å². The Balaban J connectivity index is 1.63. The van der Waals surface area contributed by atoms with Crippen molar-refractivity contribution in [3.05, 3.63) is 35.4 Å². The molecule has 2 N–H and O–H groups in total. The Hall–Kier alpha value is -2.57. The van der Waals surface area contributed by atoms with Crippen LogP contribution in [0.4, 0.5) is 4.79 Å². The maximum atomic E-state index is 13.2. The third-order valence-electron chi connectivity index (χ3n) is 5.78. The number of amides is 3. The van der Waals surface area contributed by atoms with Crippen LogP contribution in [0.15, 0.2) is 24.3 Å². The number of fused-ring (bicyclic) bond motifs is 3. The summed E-state index contributed by atoms with van der Waals surface area (Å²) in [6, 6.07) is 6.60. The Morgan fingerprint density at radius 2 is 2.00 bits per heavy atom. The van der Waals surface area contributed by atoms with Crippen molar-refractivity contribution in [2.45, 2.75) is 56.8 Å². The molecule has 0 aliphatic carbocycles. The predicted octanol–water partition coefficient (Wildman–Crippen LogP) is 2.11. The number of cyclic esters (lactones) is 1. The number of nitrogens with two attached hydrogens (primary N) is 1. The Labute approximate surface area is 152 Å². The van der Waals surface area contributed by atoms with Crippen LogP contribution in [0.1, 0.15) is 59.7 Å². The van der Waals surface area contributed by atoms with Gasteiger partial charge in [-0.25, -0.2) is 4.79 Å². The maximum absolute atomic E-state index is 13.2. The van der Waals surface area contributed by atoms with E-state index in [1.165, 1.54) is 0 Å². The van der Waals surface area contributed by atoms with E-state index in [4.69, 9.17) is 10.5 Å². The van der Waals surface area contributed by atoms with E-state index in [0.29, 0.717) is 12.2 Å². The lowest BCUT2D eigenvalue weighted by Crippen LogP contribution is -2.24. The van der Waals surface area contributed by atoms with E-state index in [9.17, 15) is 14.4 Å². The lowest BCUT2D eigenvalue weighted by Gasteiger charge is -2.10. The van der Waals surface area contributed by atoms with Gasteiger partial charge in [0.15, 0.2) is 5.66 Å². The van der Waals surface area contributed by atoms with E-state index in [0.717, 1.165) is 32.1 Å². The summed E-state index contributed by atoms with van der Waals surface area (Å²) in [6.45, 7) is 2.52. The molecular formula is C19H23N3O4. The molecule has 138 valence electrons. The smallest absolute Gasteiger partial charge is 0.412 e. The molecule has 3 fully saturated rings. The topological polar surface area (TPSA) is 92.5 Å². The number of nitrogens with zero attached hydrogens (tertiary/aromatic N) is 2. The van der Waals surface area contributed by atoms with E-state index in [1.54, 1.807) is 34.1 Å². The fourth-order valence-electron chi connectivity index (χ4n) is 4.56. The van der Waals surface area contributed by atoms with E-state index in [2.05, 4.69) is 6.92 Å². The van der Waals surface area contributed by atoms with E-state index in [-0.39, 0.29) is 29.6 Å². The van der Waals surface area contributed by atoms with Gasteiger partial charge in [-0.2, -0.15) is 0 Å². The van der Waals surface area contributed by atoms with Crippen molar-refractivity contribution in [1.82, 2.24) is 9.80 Å². The summed E-state index contributed by atoms with van der Waals surface area (Å²) in [4.78, 5) is 40.5. The highest BCUT2D eigenvalue weighted by Gasteiger charge is 2.86. The first kappa shape index (κ1) is 16.9. The number of unbranched alkanes of at least 4 members (excludes halogenated alkanes) is 2. The summed E-state index contributed by atoms with van der Waals surface area (Å²) in [5.74, 6) is -0.858. The SMILES string of the molecule is CCCCCC1N(C(=O)c2ccccc2C(N)=O)[C@@]12[C@@H]1CCOC(=O)N12. The van der Waals surface area contributed by atoms with Crippen molar-refractivity contribution in [2.75, 3.05) is 6.61 Å². The summed E-state index contributed by atoms with van der Waals surface area (Å²) in [6.07, 6.45) is 4.41. The highest BCUT2D eigenvalue weighted by molar-refractivity contribution is 6.08. The molecule has 0 aromatic heterocycles. The molecule has 26 heavy (non-hydrogen) atoms. The van der Waals surface area contributed by atoms with Gasteiger partial charge in [0, 0.05) is 6.42 Å². The second-order valence-corrected chi connectivity index (χ2v) is 7.17. The number of primary amides is 1. The zero-order chi connectivity index (χ0) is 18.5. The predicted molar refractivity (Wildman–Crippen MR) is 93.4 cm³/mol. The molecule has 1 unspecified atom stereocenters. The molecule has 7 nitrogen and oxygen atoms in total. The van der Waals surface area contributed by atoms with Crippen LogP contribution in [-0.4, -0.2) is 52.1 Å². The molecule has 3 heterocycles. The molecule has 3 aliphatic rings. The van der Waals surface area contributed by atoms with Crippen LogP contribution in [0.25, 0.3) is 0 Å². The number of carbonyl (C=O) groups excluding carboxylic acids is 3. The van der Waals surface area contributed by atoms with Gasteiger partial charge in [0.25, 0.3) is 5.91 Å². The molecule has 3 saturated heterocycles. The molecule has 1 spiro atoms. The van der Waals surface area contributed by atoms with Gasteiger partial charge in [0.05, 0.1) is 29.8 Å². The number of rotatable bonds is 6. The minimum Gasteiger partial charge on any atom is -0.449 e. The maximum Gasteiger partial charge on any atom is 0.412 e. The number of benzene rings is 1. The van der Waals surface area contributed by atoms with Gasteiger partial charge in [-0.1, -0.05) is 38.3 Å². The average Bonchev–Trinajstić information content (AvgIpc) is 3.50. The molecule has 1 aromatic carbocycles. The van der Waals surface area contributed by atoms with E-state index in [1.807, 2.05) is 0 Å². The van der Waals surface area contributed by atoms with Crippen molar-refractivity contribution in [3.63, 3.8) is 0 Å². The fraction of sp³-hybridized carbons (Fsp3) is 0.526. The number of ether oxygens (including phenoxy) is 1. The van der Waals surface area contributed by atoms with E-state index < -0.39 is 11.6 Å². The Bertz CT molecular complexity index is 780. The second-order valence-electron chi connectivity index (χ2n) is 7.17. The Kier molecular flexibility index (Phi) is 3.89. The molecule has 0 saturated carbocycles. The average molecular weight is 357 g/mol. The summed E-state index contributed by atoms with van der Waals surface area (Å²) < 4.78 is 5.15. The minimum atomic E-state index is -0.625. The first-order valence-electron chi connectivity index (χ1n) is 9.23. The van der Waals surface area contributed by atoms with Crippen LogP contribution >= 0.6 is 0 Å². The van der Waals surface area contributed by atoms with Crippen LogP contribution < -0.4 is 5.73 Å². The number of carbonyl (C=O) groups is 3. The Morgan fingerprint density at radius 1 is 1.27 bits per heavy atom. The molecule has 0 radical (unpaired) electrons. The van der Waals surface area contributed by atoms with Gasteiger partial charge in [0.2, 0.25) is 5.91 Å². The summed E-state index contributed by atoms with van der Waals surface area (Å²) >= 11 is 0. The lowest BCUT2D eigenvalue weighted by atomic mass is 10.1. The standard InChI is InChI=1S/C19H23N3O4/c1-2-3-4-9-14-19(15-10-11-26-18(25)22(15)19)21(14)17(24)13-8-6-5-7-12(13)16(20)23/h5-8,14-15H,2-4,9-11H2,1H3,(H2,20,23)/t14?,15-,19-,21?,22?/m0/s1. The van der Waals surface area contributed by atoms with Gasteiger partial charge in [-0.3, -0.25) is 14.5 Å². The van der Waals surface area contributed by atoms with Gasteiger partial charge < -0.3 is 15.4 Å². The van der Waals surface area contributed by atoms with Crippen molar-refractivity contribution in [2.24, 2.45) is 5.73 Å². The van der Waals surface area contributed by atoms with Crippen LogP contribution in [0.2, 0.25) is 0 Å². The molecule has 7 heteroatoms. The molecule has 3 aliphatic heterocycles. The van der Waals surface area contributed by atoms with Crippen molar-refractivity contribution in [3.8, 4) is 0 Å². The van der Waals surface area contributed by atoms with Crippen LogP contribution in [0.3, 0.4) is 0 Å². The third kappa shape index (κ3) is 2.22. The second kappa shape index (κ2) is 6.00. The van der Waals surface area contributed by atoms with Crippen molar-refractivity contribution >= 4 is 17.9 Å². The molecule has 4 rings (SSSR count).